The van der Waals surface area contributed by atoms with Crippen molar-refractivity contribution in [2.24, 2.45) is 0 Å². The highest BCUT2D eigenvalue weighted by molar-refractivity contribution is 7.98. The topological polar surface area (TPSA) is 34.9 Å². The first kappa shape index (κ1) is 17.6. The van der Waals surface area contributed by atoms with Gasteiger partial charge in [0.15, 0.2) is 5.16 Å². The molecule has 0 unspecified atom stereocenters. The standard InChI is InChI=1S/C23H20N2OS/c1-16-11-13-19(14-12-16)25-22(26)20-9-5-6-10-21(20)24-23(25)27-15-18-8-4-3-7-17(18)2/h3-14H,15H2,1-2H3. The molecule has 0 spiro atoms. The van der Waals surface area contributed by atoms with Gasteiger partial charge in [0.05, 0.1) is 16.6 Å². The second-order valence-electron chi connectivity index (χ2n) is 6.60. The molecule has 0 aliphatic carbocycles. The highest BCUT2D eigenvalue weighted by Gasteiger charge is 2.13. The molecule has 4 heteroatoms. The van der Waals surface area contributed by atoms with E-state index >= 15 is 0 Å². The fraction of sp³-hybridized carbons (Fsp3) is 0.130. The van der Waals surface area contributed by atoms with Gasteiger partial charge in [-0.05, 0) is 49.2 Å². The molecule has 27 heavy (non-hydrogen) atoms. The van der Waals surface area contributed by atoms with Crippen LogP contribution in [0.1, 0.15) is 16.7 Å². The van der Waals surface area contributed by atoms with Crippen molar-refractivity contribution in [2.45, 2.75) is 24.8 Å². The summed E-state index contributed by atoms with van der Waals surface area (Å²) < 4.78 is 1.73. The Balaban J connectivity index is 1.84. The molecule has 0 N–H and O–H groups in total. The monoisotopic (exact) mass is 372 g/mol. The number of benzene rings is 3. The molecule has 3 aromatic carbocycles. The Bertz CT molecular complexity index is 1160. The summed E-state index contributed by atoms with van der Waals surface area (Å²) in [4.78, 5) is 18.0. The van der Waals surface area contributed by atoms with Crippen LogP contribution in [-0.2, 0) is 5.75 Å². The summed E-state index contributed by atoms with van der Waals surface area (Å²) in [5.41, 5.74) is 5.20. The number of hydrogen-bond donors (Lipinski definition) is 0. The lowest BCUT2D eigenvalue weighted by Crippen LogP contribution is -2.21. The van der Waals surface area contributed by atoms with Gasteiger partial charge in [0.1, 0.15) is 0 Å². The molecule has 4 aromatic rings. The lowest BCUT2D eigenvalue weighted by molar-refractivity contribution is 0.819. The van der Waals surface area contributed by atoms with Crippen molar-refractivity contribution in [3.8, 4) is 5.69 Å². The third-order valence-corrected chi connectivity index (χ3v) is 5.64. The van der Waals surface area contributed by atoms with E-state index in [1.165, 1.54) is 11.1 Å². The van der Waals surface area contributed by atoms with Gasteiger partial charge in [0, 0.05) is 5.75 Å². The van der Waals surface area contributed by atoms with E-state index in [2.05, 4.69) is 19.1 Å². The maximum Gasteiger partial charge on any atom is 0.266 e. The molecule has 0 aliphatic rings. The van der Waals surface area contributed by atoms with E-state index in [0.717, 1.165) is 22.5 Å². The highest BCUT2D eigenvalue weighted by Crippen LogP contribution is 2.25. The van der Waals surface area contributed by atoms with Gasteiger partial charge >= 0.3 is 0 Å². The number of nitrogens with zero attached hydrogens (tertiary/aromatic N) is 2. The third-order valence-electron chi connectivity index (χ3n) is 4.66. The largest absolute Gasteiger partial charge is 0.268 e. The lowest BCUT2D eigenvalue weighted by Gasteiger charge is -2.14. The Morgan fingerprint density at radius 1 is 0.889 bits per heavy atom. The van der Waals surface area contributed by atoms with Crippen LogP contribution in [0.4, 0.5) is 0 Å². The van der Waals surface area contributed by atoms with Crippen LogP contribution in [0.25, 0.3) is 16.6 Å². The SMILES string of the molecule is Cc1ccc(-n2c(SCc3ccccc3C)nc3ccccc3c2=O)cc1. The van der Waals surface area contributed by atoms with E-state index < -0.39 is 0 Å². The molecule has 1 heterocycles. The zero-order valence-electron chi connectivity index (χ0n) is 15.3. The van der Waals surface area contributed by atoms with Crippen molar-refractivity contribution >= 4 is 22.7 Å². The van der Waals surface area contributed by atoms with Crippen molar-refractivity contribution < 1.29 is 0 Å². The van der Waals surface area contributed by atoms with Gasteiger partial charge in [0.25, 0.3) is 5.56 Å². The van der Waals surface area contributed by atoms with E-state index in [1.807, 2.05) is 67.6 Å². The first-order chi connectivity index (χ1) is 13.1. The van der Waals surface area contributed by atoms with E-state index in [1.54, 1.807) is 16.3 Å². The number of aryl methyl sites for hydroxylation is 2. The smallest absolute Gasteiger partial charge is 0.266 e. The van der Waals surface area contributed by atoms with Crippen molar-refractivity contribution in [3.05, 3.63) is 99.8 Å². The van der Waals surface area contributed by atoms with Crippen LogP contribution in [0.5, 0.6) is 0 Å². The Labute approximate surface area is 162 Å². The van der Waals surface area contributed by atoms with Crippen LogP contribution in [0, 0.1) is 13.8 Å². The number of aromatic nitrogens is 2. The summed E-state index contributed by atoms with van der Waals surface area (Å²) >= 11 is 1.59. The van der Waals surface area contributed by atoms with Gasteiger partial charge in [-0.3, -0.25) is 9.36 Å². The van der Waals surface area contributed by atoms with Gasteiger partial charge in [0.2, 0.25) is 0 Å². The maximum absolute atomic E-state index is 13.2. The maximum atomic E-state index is 13.2. The molecule has 0 aliphatic heterocycles. The van der Waals surface area contributed by atoms with Crippen LogP contribution in [0.15, 0.2) is 82.7 Å². The van der Waals surface area contributed by atoms with Crippen molar-refractivity contribution in [1.82, 2.24) is 9.55 Å². The first-order valence-electron chi connectivity index (χ1n) is 8.89. The Morgan fingerprint density at radius 2 is 1.59 bits per heavy atom. The second kappa shape index (κ2) is 7.41. The zero-order chi connectivity index (χ0) is 18.8. The number of rotatable bonds is 4. The summed E-state index contributed by atoms with van der Waals surface area (Å²) in [6, 6.07) is 23.8. The van der Waals surface area contributed by atoms with Crippen molar-refractivity contribution in [3.63, 3.8) is 0 Å². The molecule has 0 fully saturated rings. The Morgan fingerprint density at radius 3 is 2.37 bits per heavy atom. The van der Waals surface area contributed by atoms with E-state index in [4.69, 9.17) is 4.98 Å². The minimum atomic E-state index is -0.0308. The lowest BCUT2D eigenvalue weighted by atomic mass is 10.1. The minimum absolute atomic E-state index is 0.0308. The normalized spacial score (nSPS) is 11.0. The molecular formula is C23H20N2OS. The van der Waals surface area contributed by atoms with Gasteiger partial charge < -0.3 is 0 Å². The minimum Gasteiger partial charge on any atom is -0.268 e. The van der Waals surface area contributed by atoms with E-state index in [9.17, 15) is 4.79 Å². The van der Waals surface area contributed by atoms with Crippen LogP contribution in [0.3, 0.4) is 0 Å². The summed E-state index contributed by atoms with van der Waals surface area (Å²) in [6.45, 7) is 4.15. The first-order valence-corrected chi connectivity index (χ1v) is 9.88. The van der Waals surface area contributed by atoms with Gasteiger partial charge in [-0.1, -0.05) is 65.9 Å². The third kappa shape index (κ3) is 3.53. The average Bonchev–Trinajstić information content (AvgIpc) is 2.69. The Hall–Kier alpha value is -2.85. The van der Waals surface area contributed by atoms with Crippen molar-refractivity contribution in [1.29, 1.82) is 0 Å². The predicted octanol–water partition coefficient (Wildman–Crippen LogP) is 5.29. The average molecular weight is 372 g/mol. The molecular weight excluding hydrogens is 352 g/mol. The number of thioether (sulfide) groups is 1. The van der Waals surface area contributed by atoms with E-state index in [0.29, 0.717) is 10.5 Å². The molecule has 134 valence electrons. The summed E-state index contributed by atoms with van der Waals surface area (Å²) in [5, 5.41) is 1.35. The molecule has 3 nitrogen and oxygen atoms in total. The number of hydrogen-bond acceptors (Lipinski definition) is 3. The van der Waals surface area contributed by atoms with Gasteiger partial charge in [-0.25, -0.2) is 4.98 Å². The van der Waals surface area contributed by atoms with Crippen LogP contribution < -0.4 is 5.56 Å². The molecule has 0 saturated carbocycles. The highest BCUT2D eigenvalue weighted by atomic mass is 32.2. The number of fused-ring (bicyclic) bond motifs is 1. The van der Waals surface area contributed by atoms with Crippen molar-refractivity contribution in [2.75, 3.05) is 0 Å². The predicted molar refractivity (Wildman–Crippen MR) is 113 cm³/mol. The summed E-state index contributed by atoms with van der Waals surface area (Å²) in [7, 11) is 0. The molecule has 0 saturated heterocycles. The molecule has 0 radical (unpaired) electrons. The fourth-order valence-corrected chi connectivity index (χ4v) is 4.13. The summed E-state index contributed by atoms with van der Waals surface area (Å²) in [6.07, 6.45) is 0. The molecule has 0 amide bonds. The Kier molecular flexibility index (Phi) is 4.82. The van der Waals surface area contributed by atoms with Gasteiger partial charge in [-0.15, -0.1) is 0 Å². The quantitative estimate of drug-likeness (QED) is 0.360. The molecule has 1 aromatic heterocycles. The van der Waals surface area contributed by atoms with E-state index in [-0.39, 0.29) is 5.56 Å². The fourth-order valence-electron chi connectivity index (χ4n) is 3.05. The zero-order valence-corrected chi connectivity index (χ0v) is 16.2. The second-order valence-corrected chi connectivity index (χ2v) is 7.55. The number of para-hydroxylation sites is 1. The summed E-state index contributed by atoms with van der Waals surface area (Å²) in [5.74, 6) is 0.767. The van der Waals surface area contributed by atoms with Crippen LogP contribution in [0.2, 0.25) is 0 Å². The van der Waals surface area contributed by atoms with Crippen LogP contribution >= 0.6 is 11.8 Å². The molecule has 0 bridgehead atoms. The molecule has 4 rings (SSSR count). The molecule has 0 atom stereocenters. The van der Waals surface area contributed by atoms with Crippen LogP contribution in [-0.4, -0.2) is 9.55 Å². The van der Waals surface area contributed by atoms with Gasteiger partial charge in [-0.2, -0.15) is 0 Å².